The number of anilines is 2. The minimum atomic E-state index is -0.136. The third-order valence-electron chi connectivity index (χ3n) is 2.77. The van der Waals surface area contributed by atoms with E-state index in [4.69, 9.17) is 18.0 Å². The molecule has 0 saturated heterocycles. The molecule has 104 valence electrons. The van der Waals surface area contributed by atoms with Crippen LogP contribution in [0.5, 0.6) is 0 Å². The van der Waals surface area contributed by atoms with Crippen LogP contribution in [0.2, 0.25) is 5.28 Å². The maximum atomic E-state index is 5.93. The van der Waals surface area contributed by atoms with E-state index in [2.05, 4.69) is 26.2 Å². The van der Waals surface area contributed by atoms with E-state index in [0.29, 0.717) is 11.9 Å². The van der Waals surface area contributed by atoms with Crippen molar-refractivity contribution in [3.05, 3.63) is 5.28 Å². The van der Waals surface area contributed by atoms with Gasteiger partial charge in [-0.1, -0.05) is 19.8 Å². The lowest BCUT2D eigenvalue weighted by Crippen LogP contribution is -2.27. The Hall–Kier alpha value is -1.54. The Morgan fingerprint density at radius 3 is 2.37 bits per heavy atom. The Bertz CT molecular complexity index is 451. The molecular formula is C13H20ClN5. The molecule has 1 atom stereocenters. The first kappa shape index (κ1) is 15.5. The fourth-order valence-corrected chi connectivity index (χ4v) is 1.75. The molecule has 1 aromatic rings. The van der Waals surface area contributed by atoms with Crippen LogP contribution in [0.3, 0.4) is 0 Å². The average Bonchev–Trinajstić information content (AvgIpc) is 2.36. The molecule has 1 unspecified atom stereocenters. The van der Waals surface area contributed by atoms with Crippen molar-refractivity contribution in [2.75, 3.05) is 23.3 Å². The van der Waals surface area contributed by atoms with Crippen LogP contribution in [0.15, 0.2) is 0 Å². The van der Waals surface area contributed by atoms with Crippen LogP contribution >= 0.6 is 11.6 Å². The van der Waals surface area contributed by atoms with Gasteiger partial charge in [-0.2, -0.15) is 15.0 Å². The van der Waals surface area contributed by atoms with Gasteiger partial charge in [0, 0.05) is 13.1 Å². The molecule has 1 heterocycles. The molecule has 0 saturated carbocycles. The normalized spacial score (nSPS) is 12.1. The van der Waals surface area contributed by atoms with Gasteiger partial charge in [0.2, 0.25) is 17.2 Å². The summed E-state index contributed by atoms with van der Waals surface area (Å²) >= 11 is 5.93. The molecule has 0 aromatic carbocycles. The van der Waals surface area contributed by atoms with E-state index >= 15 is 0 Å². The van der Waals surface area contributed by atoms with Gasteiger partial charge >= 0.3 is 0 Å². The van der Waals surface area contributed by atoms with Crippen molar-refractivity contribution in [3.63, 3.8) is 0 Å². The standard InChI is InChI=1S/C13H20ClN5/c1-6-10(9(4)5)15-12-16-11(14)17-13(18-12)19(7-2)8-3/h1,9-10H,7-8H2,2-5H3,(H,15,16,17,18). The Morgan fingerprint density at radius 1 is 1.26 bits per heavy atom. The van der Waals surface area contributed by atoms with Gasteiger partial charge < -0.3 is 10.2 Å². The van der Waals surface area contributed by atoms with Crippen LogP contribution in [0.4, 0.5) is 11.9 Å². The molecule has 0 fully saturated rings. The van der Waals surface area contributed by atoms with Crippen LogP contribution in [-0.4, -0.2) is 34.1 Å². The first-order valence-corrected chi connectivity index (χ1v) is 6.78. The third kappa shape index (κ3) is 4.25. The summed E-state index contributed by atoms with van der Waals surface area (Å²) in [6.07, 6.45) is 5.48. The summed E-state index contributed by atoms with van der Waals surface area (Å²) in [5.41, 5.74) is 0. The van der Waals surface area contributed by atoms with Gasteiger partial charge in [0.15, 0.2) is 0 Å². The van der Waals surface area contributed by atoms with Gasteiger partial charge in [0.05, 0.1) is 6.04 Å². The summed E-state index contributed by atoms with van der Waals surface area (Å²) in [6.45, 7) is 9.74. The number of hydrogen-bond donors (Lipinski definition) is 1. The lowest BCUT2D eigenvalue weighted by Gasteiger charge is -2.20. The molecule has 0 aliphatic rings. The number of nitrogens with one attached hydrogen (secondary N) is 1. The minimum absolute atomic E-state index is 0.136. The van der Waals surface area contributed by atoms with Crippen molar-refractivity contribution in [1.29, 1.82) is 0 Å². The highest BCUT2D eigenvalue weighted by Gasteiger charge is 2.14. The molecule has 1 N–H and O–H groups in total. The average molecular weight is 282 g/mol. The second kappa shape index (κ2) is 7.15. The van der Waals surface area contributed by atoms with E-state index < -0.39 is 0 Å². The van der Waals surface area contributed by atoms with E-state index in [0.717, 1.165) is 13.1 Å². The van der Waals surface area contributed by atoms with Gasteiger partial charge in [-0.25, -0.2) is 0 Å². The summed E-state index contributed by atoms with van der Waals surface area (Å²) < 4.78 is 0. The van der Waals surface area contributed by atoms with Crippen molar-refractivity contribution in [2.45, 2.75) is 33.7 Å². The lowest BCUT2D eigenvalue weighted by molar-refractivity contribution is 0.609. The smallest absolute Gasteiger partial charge is 0.231 e. The molecule has 0 spiro atoms. The largest absolute Gasteiger partial charge is 0.341 e. The third-order valence-corrected chi connectivity index (χ3v) is 2.94. The van der Waals surface area contributed by atoms with E-state index in [1.165, 1.54) is 0 Å². The van der Waals surface area contributed by atoms with Crippen LogP contribution in [-0.2, 0) is 0 Å². The van der Waals surface area contributed by atoms with Crippen LogP contribution < -0.4 is 10.2 Å². The molecule has 6 heteroatoms. The zero-order valence-corrected chi connectivity index (χ0v) is 12.6. The number of terminal acetylenes is 1. The Morgan fingerprint density at radius 2 is 1.89 bits per heavy atom. The number of nitrogens with zero attached hydrogens (tertiary/aromatic N) is 4. The monoisotopic (exact) mass is 281 g/mol. The van der Waals surface area contributed by atoms with Crippen molar-refractivity contribution in [1.82, 2.24) is 15.0 Å². The molecule has 0 bridgehead atoms. The van der Waals surface area contributed by atoms with Gasteiger partial charge in [-0.3, -0.25) is 0 Å². The molecule has 1 rings (SSSR count). The minimum Gasteiger partial charge on any atom is -0.341 e. The van der Waals surface area contributed by atoms with Crippen molar-refractivity contribution in [3.8, 4) is 12.3 Å². The van der Waals surface area contributed by atoms with Crippen molar-refractivity contribution in [2.24, 2.45) is 5.92 Å². The van der Waals surface area contributed by atoms with E-state index in [9.17, 15) is 0 Å². The van der Waals surface area contributed by atoms with Gasteiger partial charge in [0.25, 0.3) is 0 Å². The molecule has 0 aliphatic carbocycles. The number of hydrogen-bond acceptors (Lipinski definition) is 5. The molecule has 0 aliphatic heterocycles. The summed E-state index contributed by atoms with van der Waals surface area (Å²) in [4.78, 5) is 14.6. The number of aromatic nitrogens is 3. The molecular weight excluding hydrogens is 262 g/mol. The molecule has 19 heavy (non-hydrogen) atoms. The number of rotatable bonds is 6. The van der Waals surface area contributed by atoms with E-state index in [1.807, 2.05) is 32.6 Å². The maximum Gasteiger partial charge on any atom is 0.231 e. The summed E-state index contributed by atoms with van der Waals surface area (Å²) in [7, 11) is 0. The highest BCUT2D eigenvalue weighted by atomic mass is 35.5. The van der Waals surface area contributed by atoms with Crippen LogP contribution in [0, 0.1) is 18.3 Å². The SMILES string of the molecule is C#CC(Nc1nc(Cl)nc(N(CC)CC)n1)C(C)C. The van der Waals surface area contributed by atoms with Gasteiger partial charge in [-0.15, -0.1) is 6.42 Å². The van der Waals surface area contributed by atoms with Crippen LogP contribution in [0.1, 0.15) is 27.7 Å². The summed E-state index contributed by atoms with van der Waals surface area (Å²) in [5, 5.41) is 3.27. The molecule has 5 nitrogen and oxygen atoms in total. The molecule has 1 aromatic heterocycles. The molecule has 0 radical (unpaired) electrons. The van der Waals surface area contributed by atoms with E-state index in [1.54, 1.807) is 0 Å². The Balaban J connectivity index is 3.00. The predicted octanol–water partition coefficient (Wildman–Crippen LogP) is 2.44. The lowest BCUT2D eigenvalue weighted by atomic mass is 10.1. The summed E-state index contributed by atoms with van der Waals surface area (Å²) in [6, 6.07) is -0.136. The van der Waals surface area contributed by atoms with E-state index in [-0.39, 0.29) is 17.2 Å². The molecule has 0 amide bonds. The van der Waals surface area contributed by atoms with Crippen molar-refractivity contribution < 1.29 is 0 Å². The predicted molar refractivity (Wildman–Crippen MR) is 79.5 cm³/mol. The van der Waals surface area contributed by atoms with Crippen LogP contribution in [0.25, 0.3) is 0 Å². The van der Waals surface area contributed by atoms with Gasteiger partial charge in [-0.05, 0) is 31.4 Å². The Kier molecular flexibility index (Phi) is 5.84. The first-order chi connectivity index (χ1) is 9.01. The first-order valence-electron chi connectivity index (χ1n) is 6.40. The quantitative estimate of drug-likeness (QED) is 0.812. The fraction of sp³-hybridized carbons (Fsp3) is 0.615. The second-order valence-electron chi connectivity index (χ2n) is 4.43. The topological polar surface area (TPSA) is 53.9 Å². The number of halogens is 1. The highest BCUT2D eigenvalue weighted by Crippen LogP contribution is 2.15. The fourth-order valence-electron chi connectivity index (χ4n) is 1.59. The van der Waals surface area contributed by atoms with Crippen molar-refractivity contribution >= 4 is 23.5 Å². The second-order valence-corrected chi connectivity index (χ2v) is 4.77. The zero-order valence-electron chi connectivity index (χ0n) is 11.8. The Labute approximate surface area is 119 Å². The zero-order chi connectivity index (χ0) is 14.4. The van der Waals surface area contributed by atoms with Gasteiger partial charge in [0.1, 0.15) is 0 Å². The maximum absolute atomic E-state index is 5.93. The summed E-state index contributed by atoms with van der Waals surface area (Å²) in [5.74, 6) is 3.93. The highest BCUT2D eigenvalue weighted by molar-refractivity contribution is 6.28.